The summed E-state index contributed by atoms with van der Waals surface area (Å²) in [6.45, 7) is 5.98. The van der Waals surface area contributed by atoms with Crippen molar-refractivity contribution in [3.8, 4) is 0 Å². The van der Waals surface area contributed by atoms with E-state index in [1.807, 2.05) is 6.92 Å². The molecule has 1 saturated heterocycles. The molecule has 8 heteroatoms. The van der Waals surface area contributed by atoms with Crippen molar-refractivity contribution in [2.45, 2.75) is 45.5 Å². The molecule has 1 atom stereocenters. The van der Waals surface area contributed by atoms with E-state index in [4.69, 9.17) is 0 Å². The number of nitrogens with zero attached hydrogens (tertiary/aromatic N) is 3. The summed E-state index contributed by atoms with van der Waals surface area (Å²) >= 11 is 0. The van der Waals surface area contributed by atoms with Crippen LogP contribution in [0.15, 0.2) is 18.2 Å². The molecule has 0 saturated carbocycles. The number of carbonyl (C=O) groups excluding carboxylic acids is 1. The van der Waals surface area contributed by atoms with Crippen LogP contribution in [0.3, 0.4) is 0 Å². The third kappa shape index (κ3) is 4.17. The second-order valence-corrected chi connectivity index (χ2v) is 6.99. The van der Waals surface area contributed by atoms with Crippen molar-refractivity contribution in [2.24, 2.45) is 0 Å². The van der Waals surface area contributed by atoms with Gasteiger partial charge in [-0.1, -0.05) is 6.07 Å². The predicted octanol–water partition coefficient (Wildman–Crippen LogP) is 2.96. The van der Waals surface area contributed by atoms with Gasteiger partial charge in [0.05, 0.1) is 11.0 Å². The number of hydrogen-bond acceptors (Lipinski definition) is 3. The van der Waals surface area contributed by atoms with Gasteiger partial charge < -0.3 is 14.8 Å². The molecule has 1 aromatic carbocycles. The van der Waals surface area contributed by atoms with Gasteiger partial charge >= 0.3 is 6.18 Å². The van der Waals surface area contributed by atoms with E-state index in [1.165, 1.54) is 0 Å². The molecule has 1 N–H and O–H groups in total. The minimum atomic E-state index is -4.62. The Kier molecular flexibility index (Phi) is 5.22. The van der Waals surface area contributed by atoms with Crippen LogP contribution >= 0.6 is 0 Å². The average molecular weight is 368 g/mol. The number of benzene rings is 1. The highest BCUT2D eigenvalue weighted by Gasteiger charge is 2.38. The van der Waals surface area contributed by atoms with E-state index in [9.17, 15) is 18.0 Å². The van der Waals surface area contributed by atoms with Gasteiger partial charge in [-0.2, -0.15) is 13.2 Å². The molecular formula is C18H23F3N4O. The van der Waals surface area contributed by atoms with Crippen molar-refractivity contribution in [1.82, 2.24) is 19.8 Å². The Hall–Kier alpha value is -2.09. The topological polar surface area (TPSA) is 50.2 Å². The van der Waals surface area contributed by atoms with Gasteiger partial charge in [0.25, 0.3) is 0 Å². The van der Waals surface area contributed by atoms with E-state index >= 15 is 0 Å². The molecule has 0 spiro atoms. The highest BCUT2D eigenvalue weighted by Crippen LogP contribution is 2.31. The number of hydrogen-bond donors (Lipinski definition) is 1. The van der Waals surface area contributed by atoms with Crippen molar-refractivity contribution in [3.05, 3.63) is 29.6 Å². The monoisotopic (exact) mass is 368 g/mol. The van der Waals surface area contributed by atoms with Crippen molar-refractivity contribution >= 4 is 16.9 Å². The van der Waals surface area contributed by atoms with Crippen molar-refractivity contribution in [3.63, 3.8) is 0 Å². The van der Waals surface area contributed by atoms with Gasteiger partial charge in [-0.15, -0.1) is 0 Å². The Bertz CT molecular complexity index is 794. The van der Waals surface area contributed by atoms with Crippen LogP contribution in [-0.2, 0) is 17.5 Å². The maximum Gasteiger partial charge on any atom is 0.449 e. The number of alkyl halides is 3. The Morgan fingerprint density at radius 2 is 2.00 bits per heavy atom. The molecule has 0 bridgehead atoms. The first-order chi connectivity index (χ1) is 12.2. The molecule has 1 fully saturated rings. The molecule has 1 aliphatic heterocycles. The zero-order valence-corrected chi connectivity index (χ0v) is 14.9. The van der Waals surface area contributed by atoms with Gasteiger partial charge in [-0.3, -0.25) is 4.79 Å². The van der Waals surface area contributed by atoms with Crippen LogP contribution in [-0.4, -0.2) is 46.0 Å². The van der Waals surface area contributed by atoms with Crippen molar-refractivity contribution in [2.75, 3.05) is 19.6 Å². The molecule has 1 amide bonds. The smallest absolute Gasteiger partial charge is 0.351 e. The summed E-state index contributed by atoms with van der Waals surface area (Å²) in [5.41, 5.74) is 1.37. The van der Waals surface area contributed by atoms with Gasteiger partial charge in [0.2, 0.25) is 11.7 Å². The van der Waals surface area contributed by atoms with E-state index in [1.54, 1.807) is 25.1 Å². The number of amides is 1. The number of likely N-dealkylation sites (tertiary alicyclic amines) is 1. The molecule has 142 valence electrons. The number of aromatic nitrogens is 2. The molecule has 0 unspecified atom stereocenters. The van der Waals surface area contributed by atoms with Crippen LogP contribution < -0.4 is 5.32 Å². The summed E-state index contributed by atoms with van der Waals surface area (Å²) in [4.78, 5) is 18.3. The Labute approximate surface area is 150 Å². The first kappa shape index (κ1) is 18.7. The van der Waals surface area contributed by atoms with Crippen LogP contribution in [0.2, 0.25) is 0 Å². The fourth-order valence-electron chi connectivity index (χ4n) is 3.47. The van der Waals surface area contributed by atoms with E-state index in [0.29, 0.717) is 12.1 Å². The van der Waals surface area contributed by atoms with Gasteiger partial charge in [0, 0.05) is 12.6 Å². The quantitative estimate of drug-likeness (QED) is 0.883. The zero-order chi connectivity index (χ0) is 18.9. The van der Waals surface area contributed by atoms with E-state index in [0.717, 1.165) is 36.1 Å². The number of imidazole rings is 1. The molecule has 1 aromatic heterocycles. The highest BCUT2D eigenvalue weighted by atomic mass is 19.4. The van der Waals surface area contributed by atoms with Crippen LogP contribution in [0.5, 0.6) is 0 Å². The summed E-state index contributed by atoms with van der Waals surface area (Å²) in [6, 6.07) is 4.76. The molecule has 26 heavy (non-hydrogen) atoms. The fourth-order valence-corrected chi connectivity index (χ4v) is 3.47. The Morgan fingerprint density at radius 1 is 1.31 bits per heavy atom. The lowest BCUT2D eigenvalue weighted by Gasteiger charge is -2.21. The van der Waals surface area contributed by atoms with Gasteiger partial charge in [0.1, 0.15) is 6.54 Å². The second kappa shape index (κ2) is 7.26. The number of carbonyl (C=O) groups is 1. The number of halogens is 3. The fraction of sp³-hybridized carbons (Fsp3) is 0.556. The largest absolute Gasteiger partial charge is 0.449 e. The van der Waals surface area contributed by atoms with E-state index < -0.39 is 24.5 Å². The van der Waals surface area contributed by atoms with Crippen LogP contribution in [0.25, 0.3) is 11.0 Å². The van der Waals surface area contributed by atoms with Crippen LogP contribution in [0, 0.1) is 6.92 Å². The zero-order valence-electron chi connectivity index (χ0n) is 14.9. The lowest BCUT2D eigenvalue weighted by atomic mass is 10.2. The number of aryl methyl sites for hydroxylation is 1. The van der Waals surface area contributed by atoms with Gasteiger partial charge in [-0.05, 0) is 57.5 Å². The Balaban J connectivity index is 1.78. The Morgan fingerprint density at radius 3 is 2.65 bits per heavy atom. The minimum absolute atomic E-state index is 0.119. The maximum absolute atomic E-state index is 13.3. The lowest BCUT2D eigenvalue weighted by Crippen LogP contribution is -2.42. The first-order valence-corrected chi connectivity index (χ1v) is 8.80. The van der Waals surface area contributed by atoms with Crippen molar-refractivity contribution in [1.29, 1.82) is 0 Å². The summed E-state index contributed by atoms with van der Waals surface area (Å²) in [5.74, 6) is -1.48. The van der Waals surface area contributed by atoms with Crippen LogP contribution in [0.4, 0.5) is 13.2 Å². The van der Waals surface area contributed by atoms with E-state index in [2.05, 4.69) is 15.2 Å². The SMILES string of the molecule is Cc1ccc2nc(C(F)(F)F)n(CC(=O)N[C@H](C)CN3CCCC3)c2c1. The maximum atomic E-state index is 13.3. The molecular weight excluding hydrogens is 345 g/mol. The summed E-state index contributed by atoms with van der Waals surface area (Å²) < 4.78 is 41.0. The summed E-state index contributed by atoms with van der Waals surface area (Å²) in [6.07, 6.45) is -2.32. The number of nitrogens with one attached hydrogen (secondary N) is 1. The normalized spacial score (nSPS) is 17.0. The minimum Gasteiger partial charge on any atom is -0.351 e. The average Bonchev–Trinajstić information content (AvgIpc) is 3.15. The van der Waals surface area contributed by atoms with E-state index in [-0.39, 0.29) is 11.6 Å². The predicted molar refractivity (Wildman–Crippen MR) is 92.8 cm³/mol. The molecule has 0 radical (unpaired) electrons. The first-order valence-electron chi connectivity index (χ1n) is 8.80. The van der Waals surface area contributed by atoms with Gasteiger partial charge in [-0.25, -0.2) is 4.98 Å². The second-order valence-electron chi connectivity index (χ2n) is 6.99. The third-order valence-electron chi connectivity index (χ3n) is 4.60. The third-order valence-corrected chi connectivity index (χ3v) is 4.60. The summed E-state index contributed by atoms with van der Waals surface area (Å²) in [5, 5.41) is 2.81. The molecule has 2 heterocycles. The molecule has 1 aliphatic rings. The molecule has 0 aliphatic carbocycles. The molecule has 3 rings (SSSR count). The van der Waals surface area contributed by atoms with Crippen LogP contribution in [0.1, 0.15) is 31.2 Å². The number of fused-ring (bicyclic) bond motifs is 1. The standard InChI is InChI=1S/C18H23F3N4O/c1-12-5-6-14-15(9-12)25(17(23-14)18(19,20)21)11-16(26)22-13(2)10-24-7-3-4-8-24/h5-6,9,13H,3-4,7-8,10-11H2,1-2H3,(H,22,26)/t13-/m1/s1. The molecule has 2 aromatic rings. The van der Waals surface area contributed by atoms with Crippen molar-refractivity contribution < 1.29 is 18.0 Å². The summed E-state index contributed by atoms with van der Waals surface area (Å²) in [7, 11) is 0. The molecule has 5 nitrogen and oxygen atoms in total. The van der Waals surface area contributed by atoms with Gasteiger partial charge in [0.15, 0.2) is 0 Å². The highest BCUT2D eigenvalue weighted by molar-refractivity contribution is 5.81. The lowest BCUT2D eigenvalue weighted by molar-refractivity contribution is -0.147. The number of rotatable bonds is 5.